The first-order chi connectivity index (χ1) is 8.89. The molecule has 7 heteroatoms. The van der Waals surface area contributed by atoms with Crippen LogP contribution in [0, 0.1) is 5.41 Å². The van der Waals surface area contributed by atoms with Crippen molar-refractivity contribution in [1.82, 2.24) is 25.2 Å². The molecule has 0 spiro atoms. The Balaban J connectivity index is 2.45. The molecule has 0 saturated carbocycles. The van der Waals surface area contributed by atoms with Crippen LogP contribution in [0.2, 0.25) is 0 Å². The third kappa shape index (κ3) is 2.75. The maximum absolute atomic E-state index is 11.5. The number of hydrogen-bond acceptors (Lipinski definition) is 5. The second-order valence-corrected chi connectivity index (χ2v) is 5.34. The monoisotopic (exact) mass is 261 g/mol. The van der Waals surface area contributed by atoms with Crippen LogP contribution in [0.1, 0.15) is 32.3 Å². The van der Waals surface area contributed by atoms with Crippen LogP contribution in [0.5, 0.6) is 0 Å². The fraction of sp³-hybridized carbons (Fsp3) is 0.417. The van der Waals surface area contributed by atoms with Gasteiger partial charge in [-0.1, -0.05) is 20.8 Å². The van der Waals surface area contributed by atoms with Crippen LogP contribution in [-0.2, 0) is 4.79 Å². The highest BCUT2D eigenvalue weighted by Gasteiger charge is 2.33. The lowest BCUT2D eigenvalue weighted by molar-refractivity contribution is -0.141. The number of tetrazole rings is 1. The first-order valence-corrected chi connectivity index (χ1v) is 5.81. The lowest BCUT2D eigenvalue weighted by Gasteiger charge is -2.27. The maximum atomic E-state index is 11.5. The highest BCUT2D eigenvalue weighted by Crippen LogP contribution is 2.35. The van der Waals surface area contributed by atoms with Crippen LogP contribution < -0.4 is 0 Å². The van der Waals surface area contributed by atoms with E-state index in [2.05, 4.69) is 20.5 Å². The van der Waals surface area contributed by atoms with Crippen LogP contribution in [0.3, 0.4) is 0 Å². The van der Waals surface area contributed by atoms with E-state index in [-0.39, 0.29) is 0 Å². The van der Waals surface area contributed by atoms with E-state index in [0.717, 1.165) is 0 Å². The Morgan fingerprint density at radius 3 is 2.68 bits per heavy atom. The van der Waals surface area contributed by atoms with Gasteiger partial charge in [-0.15, -0.1) is 5.10 Å². The smallest absolute Gasteiger partial charge is 0.311 e. The summed E-state index contributed by atoms with van der Waals surface area (Å²) < 4.78 is 1.39. The molecule has 2 heterocycles. The van der Waals surface area contributed by atoms with E-state index in [4.69, 9.17) is 0 Å². The van der Waals surface area contributed by atoms with Crippen molar-refractivity contribution in [3.63, 3.8) is 0 Å². The fourth-order valence-corrected chi connectivity index (χ4v) is 2.02. The SMILES string of the molecule is CC(C)(C)C(C(=O)O)c1ccnc(-n2cnnn2)c1. The predicted octanol–water partition coefficient (Wildman–Crippen LogP) is 1.27. The summed E-state index contributed by atoms with van der Waals surface area (Å²) >= 11 is 0. The van der Waals surface area contributed by atoms with Gasteiger partial charge in [-0.2, -0.15) is 4.68 Å². The van der Waals surface area contributed by atoms with Gasteiger partial charge in [0.2, 0.25) is 0 Å². The van der Waals surface area contributed by atoms with Gasteiger partial charge in [0.15, 0.2) is 5.82 Å². The highest BCUT2D eigenvalue weighted by molar-refractivity contribution is 5.77. The van der Waals surface area contributed by atoms with Gasteiger partial charge >= 0.3 is 5.97 Å². The van der Waals surface area contributed by atoms with Gasteiger partial charge in [0.25, 0.3) is 0 Å². The Morgan fingerprint density at radius 2 is 2.16 bits per heavy atom. The molecule has 2 rings (SSSR count). The van der Waals surface area contributed by atoms with Gasteiger partial charge in [0.05, 0.1) is 5.92 Å². The van der Waals surface area contributed by atoms with E-state index in [1.807, 2.05) is 20.8 Å². The summed E-state index contributed by atoms with van der Waals surface area (Å²) in [6.07, 6.45) is 2.98. The molecule has 0 saturated heterocycles. The number of carboxylic acid groups (broad SMARTS) is 1. The highest BCUT2D eigenvalue weighted by atomic mass is 16.4. The summed E-state index contributed by atoms with van der Waals surface area (Å²) in [5.41, 5.74) is 0.283. The van der Waals surface area contributed by atoms with Crippen molar-refractivity contribution in [2.45, 2.75) is 26.7 Å². The van der Waals surface area contributed by atoms with E-state index in [1.165, 1.54) is 11.0 Å². The molecule has 0 aliphatic heterocycles. The molecule has 1 atom stereocenters. The van der Waals surface area contributed by atoms with Crippen molar-refractivity contribution in [3.8, 4) is 5.82 Å². The summed E-state index contributed by atoms with van der Waals surface area (Å²) in [4.78, 5) is 15.6. The molecule has 2 aromatic heterocycles. The van der Waals surface area contributed by atoms with Crippen molar-refractivity contribution in [3.05, 3.63) is 30.2 Å². The van der Waals surface area contributed by atoms with E-state index >= 15 is 0 Å². The topological polar surface area (TPSA) is 93.8 Å². The number of carbonyl (C=O) groups is 1. The Labute approximate surface area is 110 Å². The molecular formula is C12H15N5O2. The molecule has 1 unspecified atom stereocenters. The quantitative estimate of drug-likeness (QED) is 0.894. The summed E-state index contributed by atoms with van der Waals surface area (Å²) in [7, 11) is 0. The van der Waals surface area contributed by atoms with Crippen molar-refractivity contribution in [2.75, 3.05) is 0 Å². The number of pyridine rings is 1. The standard InChI is InChI=1S/C12H15N5O2/c1-12(2,3)10(11(18)19)8-4-5-13-9(6-8)17-7-14-15-16-17/h4-7,10H,1-3H3,(H,18,19). The third-order valence-corrected chi connectivity index (χ3v) is 2.80. The number of aromatic nitrogens is 5. The van der Waals surface area contributed by atoms with Gasteiger partial charge < -0.3 is 5.11 Å². The van der Waals surface area contributed by atoms with Crippen LogP contribution in [-0.4, -0.2) is 36.3 Å². The lowest BCUT2D eigenvalue weighted by Crippen LogP contribution is -2.26. The van der Waals surface area contributed by atoms with Crippen molar-refractivity contribution >= 4 is 5.97 Å². The van der Waals surface area contributed by atoms with Gasteiger partial charge in [-0.3, -0.25) is 4.79 Å². The van der Waals surface area contributed by atoms with Crippen LogP contribution in [0.4, 0.5) is 0 Å². The summed E-state index contributed by atoms with van der Waals surface area (Å²) in [5, 5.41) is 20.2. The molecule has 0 amide bonds. The van der Waals surface area contributed by atoms with Gasteiger partial charge in [0.1, 0.15) is 6.33 Å². The maximum Gasteiger partial charge on any atom is 0.311 e. The van der Waals surface area contributed by atoms with Crippen molar-refractivity contribution in [2.24, 2.45) is 5.41 Å². The molecule has 100 valence electrons. The zero-order valence-electron chi connectivity index (χ0n) is 11.0. The van der Waals surface area contributed by atoms with Gasteiger partial charge in [0, 0.05) is 6.20 Å². The molecule has 0 aliphatic rings. The number of carboxylic acids is 1. The minimum absolute atomic E-state index is 0.398. The van der Waals surface area contributed by atoms with Gasteiger partial charge in [-0.05, 0) is 33.5 Å². The summed E-state index contributed by atoms with van der Waals surface area (Å²) in [5.74, 6) is -0.981. The first-order valence-electron chi connectivity index (χ1n) is 5.81. The molecule has 1 N–H and O–H groups in total. The number of hydrogen-bond donors (Lipinski definition) is 1. The van der Waals surface area contributed by atoms with E-state index in [1.54, 1.807) is 18.3 Å². The van der Waals surface area contributed by atoms with Gasteiger partial charge in [-0.25, -0.2) is 4.98 Å². The molecule has 0 bridgehead atoms. The molecule has 0 fully saturated rings. The van der Waals surface area contributed by atoms with Crippen LogP contribution in [0.25, 0.3) is 5.82 Å². The number of nitrogens with zero attached hydrogens (tertiary/aromatic N) is 5. The Bertz CT molecular complexity index is 574. The largest absolute Gasteiger partial charge is 0.481 e. The minimum Gasteiger partial charge on any atom is -0.481 e. The molecule has 0 aromatic carbocycles. The Hall–Kier alpha value is -2.31. The average Bonchev–Trinajstić information content (AvgIpc) is 2.80. The third-order valence-electron chi connectivity index (χ3n) is 2.80. The average molecular weight is 261 g/mol. The number of rotatable bonds is 3. The first kappa shape index (κ1) is 13.1. The fourth-order valence-electron chi connectivity index (χ4n) is 2.02. The van der Waals surface area contributed by atoms with Crippen LogP contribution >= 0.6 is 0 Å². The lowest BCUT2D eigenvalue weighted by atomic mass is 9.77. The molecule has 2 aromatic rings. The minimum atomic E-state index is -0.860. The molecular weight excluding hydrogens is 246 g/mol. The molecule has 19 heavy (non-hydrogen) atoms. The predicted molar refractivity (Wildman–Crippen MR) is 66.8 cm³/mol. The zero-order chi connectivity index (χ0) is 14.0. The zero-order valence-corrected chi connectivity index (χ0v) is 11.0. The summed E-state index contributed by atoms with van der Waals surface area (Å²) in [6, 6.07) is 3.40. The van der Waals surface area contributed by atoms with Crippen LogP contribution in [0.15, 0.2) is 24.7 Å². The summed E-state index contributed by atoms with van der Waals surface area (Å²) in [6.45, 7) is 5.68. The second-order valence-electron chi connectivity index (χ2n) is 5.34. The van der Waals surface area contributed by atoms with E-state index in [9.17, 15) is 9.90 Å². The normalized spacial score (nSPS) is 13.2. The molecule has 0 aliphatic carbocycles. The Morgan fingerprint density at radius 1 is 1.42 bits per heavy atom. The molecule has 7 nitrogen and oxygen atoms in total. The molecule has 0 radical (unpaired) electrons. The van der Waals surface area contributed by atoms with Crippen molar-refractivity contribution < 1.29 is 9.90 Å². The van der Waals surface area contributed by atoms with E-state index < -0.39 is 17.3 Å². The number of aliphatic carboxylic acids is 1. The second kappa shape index (κ2) is 4.75. The van der Waals surface area contributed by atoms with Crippen molar-refractivity contribution in [1.29, 1.82) is 0 Å². The van der Waals surface area contributed by atoms with E-state index in [0.29, 0.717) is 11.4 Å². The Kier molecular flexibility index (Phi) is 3.28.